The molecule has 0 spiro atoms. The zero-order valence-corrected chi connectivity index (χ0v) is 20.6. The molecule has 0 fully saturated rings. The molecule has 2 aromatic heterocycles. The first-order valence-corrected chi connectivity index (χ1v) is 11.7. The number of nitrogens with one attached hydrogen (secondary N) is 2. The summed E-state index contributed by atoms with van der Waals surface area (Å²) >= 11 is 12.5. The van der Waals surface area contributed by atoms with E-state index in [1.807, 2.05) is 47.2 Å². The van der Waals surface area contributed by atoms with Gasteiger partial charge < -0.3 is 14.8 Å². The van der Waals surface area contributed by atoms with Crippen LogP contribution in [0, 0.1) is 0 Å². The first kappa shape index (κ1) is 23.9. The van der Waals surface area contributed by atoms with Crippen LogP contribution in [0.1, 0.15) is 17.8 Å². The van der Waals surface area contributed by atoms with Crippen LogP contribution in [0.25, 0.3) is 10.9 Å². The molecule has 34 heavy (non-hydrogen) atoms. The Balaban J connectivity index is 1.48. The van der Waals surface area contributed by atoms with Gasteiger partial charge in [-0.25, -0.2) is 15.4 Å². The number of imidazole rings is 1. The van der Waals surface area contributed by atoms with Gasteiger partial charge in [0.1, 0.15) is 5.82 Å². The quantitative estimate of drug-likeness (QED) is 0.183. The molecule has 0 radical (unpaired) electrons. The lowest BCUT2D eigenvalue weighted by Gasteiger charge is -2.12. The number of hydrogen-bond acceptors (Lipinski definition) is 7. The van der Waals surface area contributed by atoms with E-state index < -0.39 is 0 Å². The van der Waals surface area contributed by atoms with E-state index in [1.165, 1.54) is 0 Å². The minimum absolute atomic E-state index is 0.404. The smallest absolute Gasteiger partial charge is 0.246 e. The number of anilines is 2. The number of aromatic nitrogens is 4. The second kappa shape index (κ2) is 11.3. The Morgan fingerprint density at radius 2 is 1.94 bits per heavy atom. The Labute approximate surface area is 208 Å². The number of nitrogens with zero attached hydrogens (tertiary/aromatic N) is 6. The molecule has 2 aromatic carbocycles. The highest BCUT2D eigenvalue weighted by molar-refractivity contribution is 6.42. The van der Waals surface area contributed by atoms with Crippen molar-refractivity contribution in [2.45, 2.75) is 13.0 Å². The van der Waals surface area contributed by atoms with Gasteiger partial charge >= 0.3 is 0 Å². The first-order chi connectivity index (χ1) is 16.5. The van der Waals surface area contributed by atoms with Gasteiger partial charge in [0.2, 0.25) is 5.95 Å². The molecular weight excluding hydrogens is 471 g/mol. The Hall–Kier alpha value is -3.20. The van der Waals surface area contributed by atoms with Crippen molar-refractivity contribution >= 4 is 52.1 Å². The predicted octanol–water partition coefficient (Wildman–Crippen LogP) is 4.99. The summed E-state index contributed by atoms with van der Waals surface area (Å²) in [6.07, 6.45) is 6.20. The highest BCUT2D eigenvalue weighted by Gasteiger charge is 2.09. The second-order valence-corrected chi connectivity index (χ2v) is 8.78. The second-order valence-electron chi connectivity index (χ2n) is 7.99. The molecule has 0 aliphatic rings. The van der Waals surface area contributed by atoms with Gasteiger partial charge in [-0.15, -0.1) is 0 Å². The molecular formula is C24H26Cl2N8. The normalized spacial score (nSPS) is 11.6. The Morgan fingerprint density at radius 1 is 1.09 bits per heavy atom. The zero-order valence-electron chi connectivity index (χ0n) is 19.0. The number of benzene rings is 2. The van der Waals surface area contributed by atoms with Crippen LogP contribution in [0.3, 0.4) is 0 Å². The van der Waals surface area contributed by atoms with E-state index in [4.69, 9.17) is 23.2 Å². The summed E-state index contributed by atoms with van der Waals surface area (Å²) in [6, 6.07) is 13.5. The van der Waals surface area contributed by atoms with E-state index in [0.29, 0.717) is 28.4 Å². The highest BCUT2D eigenvalue weighted by Crippen LogP contribution is 2.26. The number of rotatable bonds is 10. The number of hydrazone groups is 1. The first-order valence-electron chi connectivity index (χ1n) is 10.9. The van der Waals surface area contributed by atoms with E-state index in [2.05, 4.69) is 49.8 Å². The summed E-state index contributed by atoms with van der Waals surface area (Å²) in [7, 11) is 4.13. The van der Waals surface area contributed by atoms with Crippen LogP contribution in [0.4, 0.5) is 11.8 Å². The molecule has 0 aliphatic heterocycles. The minimum atomic E-state index is 0.404. The van der Waals surface area contributed by atoms with Gasteiger partial charge in [0.05, 0.1) is 28.3 Å². The van der Waals surface area contributed by atoms with E-state index in [9.17, 15) is 0 Å². The summed E-state index contributed by atoms with van der Waals surface area (Å²) in [4.78, 5) is 15.7. The highest BCUT2D eigenvalue weighted by atomic mass is 35.5. The standard InChI is InChI=1S/C24H26Cl2N8/c1-33(2)13-6-11-28-23-18-8-3-4-10-20(18)30-24(31-23)32-29-15-21-27-12-14-34(21)16-17-7-5-9-19(25)22(17)26/h3-5,7-10,12,14-15H,6,11,13,16H2,1-2H3,(H2,28,30,31,32)/b29-15+. The molecule has 0 saturated carbocycles. The van der Waals surface area contributed by atoms with Gasteiger partial charge in [0.25, 0.3) is 0 Å². The van der Waals surface area contributed by atoms with Gasteiger partial charge in [-0.2, -0.15) is 10.1 Å². The molecule has 2 heterocycles. The summed E-state index contributed by atoms with van der Waals surface area (Å²) < 4.78 is 1.93. The molecule has 2 N–H and O–H groups in total. The fourth-order valence-electron chi connectivity index (χ4n) is 3.45. The van der Waals surface area contributed by atoms with Gasteiger partial charge in [0, 0.05) is 24.3 Å². The summed E-state index contributed by atoms with van der Waals surface area (Å²) in [5.41, 5.74) is 4.67. The molecule has 0 unspecified atom stereocenters. The van der Waals surface area contributed by atoms with Gasteiger partial charge in [-0.3, -0.25) is 0 Å². The number of fused-ring (bicyclic) bond motifs is 1. The summed E-state index contributed by atoms with van der Waals surface area (Å²) in [5.74, 6) is 1.84. The Morgan fingerprint density at radius 3 is 2.79 bits per heavy atom. The molecule has 0 saturated heterocycles. The van der Waals surface area contributed by atoms with Crippen LogP contribution in [-0.2, 0) is 6.54 Å². The number of para-hydroxylation sites is 1. The maximum absolute atomic E-state index is 6.33. The van der Waals surface area contributed by atoms with Crippen LogP contribution < -0.4 is 10.7 Å². The van der Waals surface area contributed by atoms with Crippen molar-refractivity contribution in [3.8, 4) is 0 Å². The van der Waals surface area contributed by atoms with Crippen molar-refractivity contribution in [3.63, 3.8) is 0 Å². The molecule has 10 heteroatoms. The van der Waals surface area contributed by atoms with E-state index in [1.54, 1.807) is 18.5 Å². The molecule has 8 nitrogen and oxygen atoms in total. The van der Waals surface area contributed by atoms with Crippen molar-refractivity contribution < 1.29 is 0 Å². The molecule has 0 aliphatic carbocycles. The van der Waals surface area contributed by atoms with Gasteiger partial charge in [-0.05, 0) is 50.8 Å². The summed E-state index contributed by atoms with van der Waals surface area (Å²) in [6.45, 7) is 2.33. The fourth-order valence-corrected chi connectivity index (χ4v) is 3.83. The molecule has 4 rings (SSSR count). The van der Waals surface area contributed by atoms with E-state index in [0.717, 1.165) is 41.8 Å². The molecule has 0 atom stereocenters. The van der Waals surface area contributed by atoms with Crippen molar-refractivity contribution in [1.29, 1.82) is 0 Å². The van der Waals surface area contributed by atoms with Crippen LogP contribution in [0.2, 0.25) is 10.0 Å². The van der Waals surface area contributed by atoms with Crippen LogP contribution in [0.15, 0.2) is 60.0 Å². The Bertz CT molecular complexity index is 1290. The number of halogens is 2. The predicted molar refractivity (Wildman–Crippen MR) is 140 cm³/mol. The number of hydrogen-bond donors (Lipinski definition) is 2. The third-order valence-corrected chi connectivity index (χ3v) is 6.00. The van der Waals surface area contributed by atoms with Crippen molar-refractivity contribution in [1.82, 2.24) is 24.4 Å². The van der Waals surface area contributed by atoms with Crippen LogP contribution >= 0.6 is 23.2 Å². The van der Waals surface area contributed by atoms with Crippen LogP contribution in [-0.4, -0.2) is 57.8 Å². The van der Waals surface area contributed by atoms with Gasteiger partial charge in [-0.1, -0.05) is 47.5 Å². The van der Waals surface area contributed by atoms with Gasteiger partial charge in [0.15, 0.2) is 5.82 Å². The maximum Gasteiger partial charge on any atom is 0.246 e. The van der Waals surface area contributed by atoms with Crippen molar-refractivity contribution in [2.75, 3.05) is 37.9 Å². The average molecular weight is 497 g/mol. The minimum Gasteiger partial charge on any atom is -0.369 e. The lowest BCUT2D eigenvalue weighted by atomic mass is 10.2. The lowest BCUT2D eigenvalue weighted by molar-refractivity contribution is 0.405. The monoisotopic (exact) mass is 496 g/mol. The Kier molecular flexibility index (Phi) is 7.95. The zero-order chi connectivity index (χ0) is 23.9. The maximum atomic E-state index is 6.33. The lowest BCUT2D eigenvalue weighted by Crippen LogP contribution is -2.17. The molecule has 0 bridgehead atoms. The van der Waals surface area contributed by atoms with Crippen molar-refractivity contribution in [2.24, 2.45) is 5.10 Å². The third kappa shape index (κ3) is 6.02. The molecule has 176 valence electrons. The average Bonchev–Trinajstić information content (AvgIpc) is 3.26. The SMILES string of the molecule is CN(C)CCCNc1nc(N/N=C/c2nccn2Cc2cccc(Cl)c2Cl)nc2ccccc12. The van der Waals surface area contributed by atoms with E-state index in [-0.39, 0.29) is 0 Å². The van der Waals surface area contributed by atoms with Crippen LogP contribution in [0.5, 0.6) is 0 Å². The topological polar surface area (TPSA) is 83.3 Å². The molecule has 0 amide bonds. The summed E-state index contributed by atoms with van der Waals surface area (Å²) in [5, 5.41) is 9.77. The molecule has 4 aromatic rings. The third-order valence-electron chi connectivity index (χ3n) is 5.14. The van der Waals surface area contributed by atoms with Crippen molar-refractivity contribution in [3.05, 3.63) is 76.3 Å². The largest absolute Gasteiger partial charge is 0.369 e. The fraction of sp³-hybridized carbons (Fsp3) is 0.250. The van der Waals surface area contributed by atoms with E-state index >= 15 is 0 Å².